The third-order valence-corrected chi connectivity index (χ3v) is 5.98. The van der Waals surface area contributed by atoms with Gasteiger partial charge in [0.1, 0.15) is 10.8 Å². The van der Waals surface area contributed by atoms with Crippen molar-refractivity contribution in [2.24, 2.45) is 0 Å². The first-order chi connectivity index (χ1) is 12.5. The number of fused-ring (bicyclic) bond motifs is 1. The Morgan fingerprint density at radius 3 is 2.77 bits per heavy atom. The Hall–Kier alpha value is -1.86. The van der Waals surface area contributed by atoms with Crippen molar-refractivity contribution in [3.05, 3.63) is 44.7 Å². The molecule has 5 nitrogen and oxygen atoms in total. The molecule has 3 rings (SSSR count). The molecule has 0 radical (unpaired) electrons. The molecule has 1 aromatic carbocycles. The van der Waals surface area contributed by atoms with Gasteiger partial charge in [-0.1, -0.05) is 22.0 Å². The molecule has 1 heterocycles. The maximum Gasteiger partial charge on any atom is 0.341 e. The van der Waals surface area contributed by atoms with E-state index in [1.54, 1.807) is 19.1 Å². The van der Waals surface area contributed by atoms with E-state index in [9.17, 15) is 9.59 Å². The van der Waals surface area contributed by atoms with Crippen molar-refractivity contribution in [2.45, 2.75) is 38.7 Å². The van der Waals surface area contributed by atoms with E-state index in [2.05, 4.69) is 21.2 Å². The summed E-state index contributed by atoms with van der Waals surface area (Å²) in [5.74, 6) is -0.102. The number of hydrogen-bond donors (Lipinski definition) is 1. The van der Waals surface area contributed by atoms with Crippen LogP contribution in [-0.4, -0.2) is 25.1 Å². The molecule has 1 aromatic heterocycles. The minimum absolute atomic E-state index is 0.297. The van der Waals surface area contributed by atoms with Crippen LogP contribution in [0.25, 0.3) is 0 Å². The number of thiophene rings is 1. The number of anilines is 1. The fourth-order valence-corrected chi connectivity index (χ4v) is 4.64. The summed E-state index contributed by atoms with van der Waals surface area (Å²) >= 11 is 4.84. The number of hydrogen-bond acceptors (Lipinski definition) is 5. The standard InChI is InChI=1S/C19H20BrNO4S/c1-11(25-13-7-5-6-12(20)10-13)17(22)21-18-16(19(23)24-2)14-8-3-4-9-15(14)26-18/h5-7,10-11H,3-4,8-9H2,1-2H3,(H,21,22)/t11-/m1/s1. The largest absolute Gasteiger partial charge is 0.481 e. The highest BCUT2D eigenvalue weighted by Gasteiger charge is 2.28. The van der Waals surface area contributed by atoms with E-state index in [4.69, 9.17) is 9.47 Å². The number of nitrogens with one attached hydrogen (secondary N) is 1. The van der Waals surface area contributed by atoms with Gasteiger partial charge in [-0.3, -0.25) is 4.79 Å². The van der Waals surface area contributed by atoms with Crippen LogP contribution < -0.4 is 10.1 Å². The Balaban J connectivity index is 1.78. The number of amides is 1. The Morgan fingerprint density at radius 1 is 1.27 bits per heavy atom. The number of methoxy groups -OCH3 is 1. The van der Waals surface area contributed by atoms with Crippen molar-refractivity contribution >= 4 is 44.1 Å². The number of ether oxygens (including phenoxy) is 2. The van der Waals surface area contributed by atoms with Crippen molar-refractivity contribution in [1.29, 1.82) is 0 Å². The van der Waals surface area contributed by atoms with Crippen LogP contribution in [0.3, 0.4) is 0 Å². The van der Waals surface area contributed by atoms with Crippen molar-refractivity contribution in [1.82, 2.24) is 0 Å². The molecule has 1 amide bonds. The molecule has 1 atom stereocenters. The van der Waals surface area contributed by atoms with Crippen molar-refractivity contribution < 1.29 is 19.1 Å². The number of rotatable bonds is 5. The second-order valence-corrected chi connectivity index (χ2v) is 8.13. The lowest BCUT2D eigenvalue weighted by atomic mass is 9.95. The number of carbonyl (C=O) groups excluding carboxylic acids is 2. The van der Waals surface area contributed by atoms with Crippen molar-refractivity contribution in [2.75, 3.05) is 12.4 Å². The molecule has 0 saturated heterocycles. The van der Waals surface area contributed by atoms with Crippen LogP contribution >= 0.6 is 27.3 Å². The summed E-state index contributed by atoms with van der Waals surface area (Å²) in [6.45, 7) is 1.68. The summed E-state index contributed by atoms with van der Waals surface area (Å²) in [6, 6.07) is 7.31. The van der Waals surface area contributed by atoms with E-state index in [1.807, 2.05) is 12.1 Å². The lowest BCUT2D eigenvalue weighted by Gasteiger charge is -2.15. The molecule has 0 aliphatic heterocycles. The average Bonchev–Trinajstić information content (AvgIpc) is 2.98. The SMILES string of the molecule is COC(=O)c1c(NC(=O)[C@@H](C)Oc2cccc(Br)c2)sc2c1CCCC2. The van der Waals surface area contributed by atoms with Gasteiger partial charge < -0.3 is 14.8 Å². The summed E-state index contributed by atoms with van der Waals surface area (Å²) in [5, 5.41) is 3.41. The van der Waals surface area contributed by atoms with Crippen LogP contribution in [-0.2, 0) is 22.4 Å². The smallest absolute Gasteiger partial charge is 0.341 e. The first-order valence-corrected chi connectivity index (χ1v) is 10.1. The number of carbonyl (C=O) groups is 2. The Bertz CT molecular complexity index is 833. The molecule has 1 aliphatic rings. The van der Waals surface area contributed by atoms with Crippen LogP contribution in [0.15, 0.2) is 28.7 Å². The first kappa shape index (κ1) is 18.9. The fraction of sp³-hybridized carbons (Fsp3) is 0.368. The predicted molar refractivity (Wildman–Crippen MR) is 105 cm³/mol. The van der Waals surface area contributed by atoms with E-state index >= 15 is 0 Å². The maximum absolute atomic E-state index is 12.6. The molecule has 0 spiro atoms. The molecule has 26 heavy (non-hydrogen) atoms. The summed E-state index contributed by atoms with van der Waals surface area (Å²) in [5.41, 5.74) is 1.51. The molecule has 0 bridgehead atoms. The first-order valence-electron chi connectivity index (χ1n) is 8.45. The predicted octanol–water partition coefficient (Wildman–Crippen LogP) is 4.58. The second kappa shape index (κ2) is 8.22. The summed E-state index contributed by atoms with van der Waals surface area (Å²) in [4.78, 5) is 26.0. The van der Waals surface area contributed by atoms with Gasteiger partial charge in [0.05, 0.1) is 12.7 Å². The van der Waals surface area contributed by atoms with Gasteiger partial charge in [0.25, 0.3) is 5.91 Å². The van der Waals surface area contributed by atoms with Crippen LogP contribution in [0, 0.1) is 0 Å². The van der Waals surface area contributed by atoms with E-state index in [0.29, 0.717) is 16.3 Å². The van der Waals surface area contributed by atoms with Gasteiger partial charge in [-0.05, 0) is 56.4 Å². The van der Waals surface area contributed by atoms with Crippen LogP contribution in [0.2, 0.25) is 0 Å². The lowest BCUT2D eigenvalue weighted by molar-refractivity contribution is -0.122. The van der Waals surface area contributed by atoms with Crippen molar-refractivity contribution in [3.63, 3.8) is 0 Å². The minimum Gasteiger partial charge on any atom is -0.481 e. The maximum atomic E-state index is 12.6. The zero-order valence-electron chi connectivity index (χ0n) is 14.6. The van der Waals surface area contributed by atoms with E-state index in [1.165, 1.54) is 18.4 Å². The quantitative estimate of drug-likeness (QED) is 0.694. The normalized spacial score (nSPS) is 14.3. The van der Waals surface area contributed by atoms with Gasteiger partial charge in [0, 0.05) is 9.35 Å². The Morgan fingerprint density at radius 2 is 2.04 bits per heavy atom. The topological polar surface area (TPSA) is 64.6 Å². The Kier molecular flexibility index (Phi) is 5.98. The zero-order chi connectivity index (χ0) is 18.7. The highest BCUT2D eigenvalue weighted by Crippen LogP contribution is 2.38. The second-order valence-electron chi connectivity index (χ2n) is 6.11. The zero-order valence-corrected chi connectivity index (χ0v) is 17.0. The highest BCUT2D eigenvalue weighted by molar-refractivity contribution is 9.10. The molecule has 0 unspecified atom stereocenters. The summed E-state index contributed by atoms with van der Waals surface area (Å²) in [7, 11) is 1.36. The third kappa shape index (κ3) is 4.10. The molecule has 1 N–H and O–H groups in total. The Labute approximate surface area is 164 Å². The van der Waals surface area contributed by atoms with Crippen LogP contribution in [0.4, 0.5) is 5.00 Å². The highest BCUT2D eigenvalue weighted by atomic mass is 79.9. The van der Waals surface area contributed by atoms with Gasteiger partial charge >= 0.3 is 5.97 Å². The molecular formula is C19H20BrNO4S. The number of halogens is 1. The van der Waals surface area contributed by atoms with E-state index < -0.39 is 12.1 Å². The monoisotopic (exact) mass is 437 g/mol. The van der Waals surface area contributed by atoms with Gasteiger partial charge in [0.2, 0.25) is 0 Å². The van der Waals surface area contributed by atoms with Crippen LogP contribution in [0.1, 0.15) is 40.6 Å². The molecule has 0 fully saturated rings. The molecule has 2 aromatic rings. The molecule has 138 valence electrons. The van der Waals surface area contributed by atoms with E-state index in [-0.39, 0.29) is 5.91 Å². The summed E-state index contributed by atoms with van der Waals surface area (Å²) in [6.07, 6.45) is 3.22. The lowest BCUT2D eigenvalue weighted by Crippen LogP contribution is -2.30. The van der Waals surface area contributed by atoms with Gasteiger partial charge in [-0.25, -0.2) is 4.79 Å². The van der Waals surface area contributed by atoms with Crippen molar-refractivity contribution in [3.8, 4) is 5.75 Å². The molecule has 7 heteroatoms. The average molecular weight is 438 g/mol. The number of esters is 1. The summed E-state index contributed by atoms with van der Waals surface area (Å²) < 4.78 is 11.5. The molecule has 1 aliphatic carbocycles. The number of benzene rings is 1. The van der Waals surface area contributed by atoms with Gasteiger partial charge in [0.15, 0.2) is 6.10 Å². The van der Waals surface area contributed by atoms with Crippen LogP contribution in [0.5, 0.6) is 5.75 Å². The fourth-order valence-electron chi connectivity index (χ4n) is 2.98. The van der Waals surface area contributed by atoms with E-state index in [0.717, 1.165) is 40.6 Å². The molecule has 0 saturated carbocycles. The van der Waals surface area contributed by atoms with Gasteiger partial charge in [-0.15, -0.1) is 11.3 Å². The minimum atomic E-state index is -0.700. The number of aryl methyl sites for hydroxylation is 1. The third-order valence-electron chi connectivity index (χ3n) is 4.28. The van der Waals surface area contributed by atoms with Gasteiger partial charge in [-0.2, -0.15) is 0 Å². The molecular weight excluding hydrogens is 418 g/mol.